The van der Waals surface area contributed by atoms with E-state index in [1.165, 1.54) is 0 Å². The van der Waals surface area contributed by atoms with Crippen LogP contribution in [0, 0.1) is 6.92 Å². The molecule has 4 heteroatoms. The molecule has 3 N–H and O–H groups in total. The van der Waals surface area contributed by atoms with Crippen LogP contribution in [0.2, 0.25) is 0 Å². The van der Waals surface area contributed by atoms with Crippen LogP contribution in [-0.2, 0) is 0 Å². The summed E-state index contributed by atoms with van der Waals surface area (Å²) in [4.78, 5) is 14.2. The zero-order valence-corrected chi connectivity index (χ0v) is 12.4. The number of rotatable bonds is 6. The Hall–Kier alpha value is -1.55. The van der Waals surface area contributed by atoms with Crippen molar-refractivity contribution in [1.82, 2.24) is 10.2 Å². The van der Waals surface area contributed by atoms with Gasteiger partial charge in [0, 0.05) is 30.4 Å². The first-order valence-corrected chi connectivity index (χ1v) is 6.79. The number of hydrogen-bond donors (Lipinski definition) is 2. The van der Waals surface area contributed by atoms with Crippen molar-refractivity contribution in [3.8, 4) is 0 Å². The minimum Gasteiger partial charge on any atom is -0.399 e. The van der Waals surface area contributed by atoms with E-state index in [-0.39, 0.29) is 5.91 Å². The molecule has 0 fully saturated rings. The van der Waals surface area contributed by atoms with Gasteiger partial charge in [0.1, 0.15) is 0 Å². The zero-order chi connectivity index (χ0) is 14.4. The number of aryl methyl sites for hydroxylation is 1. The van der Waals surface area contributed by atoms with Gasteiger partial charge in [0.15, 0.2) is 0 Å². The molecule has 0 saturated heterocycles. The van der Waals surface area contributed by atoms with Gasteiger partial charge in [-0.25, -0.2) is 0 Å². The second-order valence-electron chi connectivity index (χ2n) is 5.13. The summed E-state index contributed by atoms with van der Waals surface area (Å²) in [5.41, 5.74) is 8.00. The van der Waals surface area contributed by atoms with Crippen molar-refractivity contribution < 1.29 is 4.79 Å². The third-order valence-electron chi connectivity index (χ3n) is 3.46. The smallest absolute Gasteiger partial charge is 0.251 e. The Morgan fingerprint density at radius 2 is 2.11 bits per heavy atom. The average molecular weight is 263 g/mol. The van der Waals surface area contributed by atoms with E-state index in [1.807, 2.05) is 19.1 Å². The summed E-state index contributed by atoms with van der Waals surface area (Å²) in [6, 6.07) is 5.95. The van der Waals surface area contributed by atoms with Crippen LogP contribution >= 0.6 is 0 Å². The number of anilines is 1. The van der Waals surface area contributed by atoms with Gasteiger partial charge in [0.05, 0.1) is 0 Å². The van der Waals surface area contributed by atoms with Crippen molar-refractivity contribution in [3.63, 3.8) is 0 Å². The molecule has 1 aromatic carbocycles. The van der Waals surface area contributed by atoms with Crippen molar-refractivity contribution in [1.29, 1.82) is 0 Å². The van der Waals surface area contributed by atoms with E-state index in [2.05, 4.69) is 31.1 Å². The predicted octanol–water partition coefficient (Wildman–Crippen LogP) is 2.04. The lowest BCUT2D eigenvalue weighted by atomic mass is 10.1. The Bertz CT molecular complexity index is 411. The number of nitrogens with one attached hydrogen (secondary N) is 1. The molecule has 19 heavy (non-hydrogen) atoms. The fraction of sp³-hybridized carbons (Fsp3) is 0.533. The normalized spacial score (nSPS) is 12.5. The number of hydrogen-bond acceptors (Lipinski definition) is 3. The molecule has 1 atom stereocenters. The molecular formula is C15H25N3O. The van der Waals surface area contributed by atoms with Crippen molar-refractivity contribution >= 4 is 11.6 Å². The van der Waals surface area contributed by atoms with E-state index >= 15 is 0 Å². The van der Waals surface area contributed by atoms with Gasteiger partial charge in [0.25, 0.3) is 5.91 Å². The molecule has 1 amide bonds. The molecule has 1 unspecified atom stereocenters. The van der Waals surface area contributed by atoms with Gasteiger partial charge in [-0.2, -0.15) is 0 Å². The first-order valence-electron chi connectivity index (χ1n) is 6.79. The van der Waals surface area contributed by atoms with E-state index in [9.17, 15) is 4.79 Å². The molecule has 0 aliphatic carbocycles. The topological polar surface area (TPSA) is 58.4 Å². The molecule has 106 valence electrons. The van der Waals surface area contributed by atoms with Crippen LogP contribution < -0.4 is 11.1 Å². The fourth-order valence-electron chi connectivity index (χ4n) is 1.92. The van der Waals surface area contributed by atoms with Crippen molar-refractivity contribution in [2.45, 2.75) is 33.2 Å². The highest BCUT2D eigenvalue weighted by molar-refractivity contribution is 5.95. The van der Waals surface area contributed by atoms with Crippen molar-refractivity contribution in [2.75, 3.05) is 25.9 Å². The monoisotopic (exact) mass is 263 g/mol. The Labute approximate surface area is 116 Å². The summed E-state index contributed by atoms with van der Waals surface area (Å²) in [7, 11) is 2.07. The summed E-state index contributed by atoms with van der Waals surface area (Å²) in [5, 5.41) is 2.93. The molecule has 0 bridgehead atoms. The first kappa shape index (κ1) is 15.5. The van der Waals surface area contributed by atoms with E-state index < -0.39 is 0 Å². The Balaban J connectivity index is 2.47. The number of nitrogens with two attached hydrogens (primary N) is 1. The lowest BCUT2D eigenvalue weighted by Gasteiger charge is -2.23. The maximum Gasteiger partial charge on any atom is 0.251 e. The number of amides is 1. The van der Waals surface area contributed by atoms with Gasteiger partial charge in [-0.15, -0.1) is 0 Å². The molecule has 0 aliphatic heterocycles. The van der Waals surface area contributed by atoms with Crippen LogP contribution in [0.5, 0.6) is 0 Å². The number of benzene rings is 1. The summed E-state index contributed by atoms with van der Waals surface area (Å²) < 4.78 is 0. The highest BCUT2D eigenvalue weighted by Gasteiger charge is 2.09. The lowest BCUT2D eigenvalue weighted by molar-refractivity contribution is 0.0947. The number of carbonyl (C=O) groups excluding carboxylic acids is 1. The first-order chi connectivity index (χ1) is 8.93. The van der Waals surface area contributed by atoms with Crippen LogP contribution in [0.1, 0.15) is 36.2 Å². The molecule has 1 aromatic rings. The molecule has 0 radical (unpaired) electrons. The largest absolute Gasteiger partial charge is 0.399 e. The minimum absolute atomic E-state index is 0.0621. The summed E-state index contributed by atoms with van der Waals surface area (Å²) in [6.07, 6.45) is 1.11. The summed E-state index contributed by atoms with van der Waals surface area (Å²) in [6.45, 7) is 7.78. The fourth-order valence-corrected chi connectivity index (χ4v) is 1.92. The molecule has 0 aliphatic rings. The summed E-state index contributed by atoms with van der Waals surface area (Å²) >= 11 is 0. The van der Waals surface area contributed by atoms with Crippen LogP contribution in [-0.4, -0.2) is 37.0 Å². The molecular weight excluding hydrogens is 238 g/mol. The van der Waals surface area contributed by atoms with E-state index in [0.717, 1.165) is 18.5 Å². The third kappa shape index (κ3) is 4.91. The van der Waals surface area contributed by atoms with Gasteiger partial charge in [-0.1, -0.05) is 6.92 Å². The number of nitrogens with zero attached hydrogens (tertiary/aromatic N) is 1. The number of likely N-dealkylation sites (N-methyl/N-ethyl adjacent to an activating group) is 1. The lowest BCUT2D eigenvalue weighted by Crippen LogP contribution is -2.37. The highest BCUT2D eigenvalue weighted by Crippen LogP contribution is 2.11. The molecule has 0 heterocycles. The second-order valence-corrected chi connectivity index (χ2v) is 5.13. The summed E-state index contributed by atoms with van der Waals surface area (Å²) in [5.74, 6) is -0.0621. The van der Waals surface area contributed by atoms with E-state index in [0.29, 0.717) is 23.8 Å². The highest BCUT2D eigenvalue weighted by atomic mass is 16.1. The quantitative estimate of drug-likeness (QED) is 0.772. The number of carbonyl (C=O) groups is 1. The molecule has 0 aromatic heterocycles. The predicted molar refractivity (Wildman–Crippen MR) is 80.3 cm³/mol. The van der Waals surface area contributed by atoms with Crippen LogP contribution in [0.3, 0.4) is 0 Å². The van der Waals surface area contributed by atoms with E-state index in [4.69, 9.17) is 5.73 Å². The van der Waals surface area contributed by atoms with Gasteiger partial charge >= 0.3 is 0 Å². The standard InChI is InChI=1S/C15H25N3O/c1-5-12(3)18(4)7-6-17-15(19)13-8-11(2)9-14(16)10-13/h8-10,12H,5-7,16H2,1-4H3,(H,17,19). The molecule has 1 rings (SSSR count). The van der Waals surface area contributed by atoms with Gasteiger partial charge in [-0.3, -0.25) is 4.79 Å². The van der Waals surface area contributed by atoms with Crippen LogP contribution in [0.25, 0.3) is 0 Å². The minimum atomic E-state index is -0.0621. The Morgan fingerprint density at radius 1 is 1.42 bits per heavy atom. The second kappa shape index (κ2) is 7.14. The van der Waals surface area contributed by atoms with Gasteiger partial charge < -0.3 is 16.0 Å². The van der Waals surface area contributed by atoms with Crippen LogP contribution in [0.15, 0.2) is 18.2 Å². The third-order valence-corrected chi connectivity index (χ3v) is 3.46. The zero-order valence-electron chi connectivity index (χ0n) is 12.4. The maximum absolute atomic E-state index is 12.0. The van der Waals surface area contributed by atoms with Crippen LogP contribution in [0.4, 0.5) is 5.69 Å². The maximum atomic E-state index is 12.0. The van der Waals surface area contributed by atoms with Crippen molar-refractivity contribution in [2.24, 2.45) is 0 Å². The molecule has 4 nitrogen and oxygen atoms in total. The van der Waals surface area contributed by atoms with Gasteiger partial charge in [0.2, 0.25) is 0 Å². The molecule has 0 spiro atoms. The van der Waals surface area contributed by atoms with E-state index in [1.54, 1.807) is 6.07 Å². The SMILES string of the molecule is CCC(C)N(C)CCNC(=O)c1cc(C)cc(N)c1. The van der Waals surface area contributed by atoms with Crippen molar-refractivity contribution in [3.05, 3.63) is 29.3 Å². The average Bonchev–Trinajstić information content (AvgIpc) is 2.36. The molecule has 0 saturated carbocycles. The van der Waals surface area contributed by atoms with Gasteiger partial charge in [-0.05, 0) is 51.1 Å². The number of nitrogen functional groups attached to an aromatic ring is 1. The Morgan fingerprint density at radius 3 is 2.68 bits per heavy atom. The Kier molecular flexibility index (Phi) is 5.83.